The van der Waals surface area contributed by atoms with E-state index >= 15 is 0 Å². The summed E-state index contributed by atoms with van der Waals surface area (Å²) in [6.07, 6.45) is 0.0196. The highest BCUT2D eigenvalue weighted by Gasteiger charge is 2.16. The maximum Gasteiger partial charge on any atom is 0.414 e. The first-order valence-electron chi connectivity index (χ1n) is 3.97. The van der Waals surface area contributed by atoms with Crippen LogP contribution < -0.4 is 11.1 Å². The number of hydrogen-bond acceptors (Lipinski definition) is 5. The first-order chi connectivity index (χ1) is 6.11. The van der Waals surface area contributed by atoms with Crippen LogP contribution in [0, 0.1) is 0 Å². The molecule has 5 nitrogen and oxygen atoms in total. The third-order valence-electron chi connectivity index (χ3n) is 1.21. The maximum absolute atomic E-state index is 10.9. The van der Waals surface area contributed by atoms with Crippen LogP contribution in [-0.2, 0) is 9.53 Å². The normalized spacial score (nSPS) is 11.9. The van der Waals surface area contributed by atoms with Crippen molar-refractivity contribution in [2.45, 2.75) is 19.4 Å². The van der Waals surface area contributed by atoms with E-state index < -0.39 is 18.1 Å². The Bertz CT molecular complexity index is 187. The molecule has 0 aliphatic rings. The van der Waals surface area contributed by atoms with Crippen LogP contribution in [0.2, 0.25) is 0 Å². The standard InChI is InChI=1S/C7H14N2O3S/c1-2-3-9-7(11)12-6(10)5(8)4-13/h5,13H,2-4,8H2,1H3,(H,9,11)/t5-/m0/s1. The molecule has 0 aliphatic heterocycles. The first-order valence-corrected chi connectivity index (χ1v) is 4.61. The van der Waals surface area contributed by atoms with E-state index in [-0.39, 0.29) is 5.75 Å². The molecule has 0 heterocycles. The molecule has 1 atom stereocenters. The van der Waals surface area contributed by atoms with Gasteiger partial charge in [-0.15, -0.1) is 0 Å². The Labute approximate surface area is 82.4 Å². The Kier molecular flexibility index (Phi) is 6.34. The van der Waals surface area contributed by atoms with E-state index in [1.807, 2.05) is 6.92 Å². The second-order valence-electron chi connectivity index (χ2n) is 2.42. The number of ether oxygens (including phenoxy) is 1. The lowest BCUT2D eigenvalue weighted by Crippen LogP contribution is -2.38. The van der Waals surface area contributed by atoms with Gasteiger partial charge in [0.1, 0.15) is 6.04 Å². The summed E-state index contributed by atoms with van der Waals surface area (Å²) < 4.78 is 4.34. The Morgan fingerprint density at radius 3 is 2.69 bits per heavy atom. The fourth-order valence-corrected chi connectivity index (χ4v) is 0.654. The van der Waals surface area contributed by atoms with Gasteiger partial charge in [-0.3, -0.25) is 0 Å². The minimum atomic E-state index is -0.851. The van der Waals surface area contributed by atoms with Crippen molar-refractivity contribution < 1.29 is 14.3 Å². The maximum atomic E-state index is 10.9. The van der Waals surface area contributed by atoms with Crippen molar-refractivity contribution in [3.63, 3.8) is 0 Å². The predicted octanol–water partition coefficient (Wildman–Crippen LogP) is -0.0937. The number of nitrogens with two attached hydrogens (primary N) is 1. The number of carbonyl (C=O) groups excluding carboxylic acids is 2. The number of rotatable bonds is 4. The molecule has 6 heteroatoms. The predicted molar refractivity (Wildman–Crippen MR) is 51.6 cm³/mol. The van der Waals surface area contributed by atoms with E-state index in [4.69, 9.17) is 5.73 Å². The smallest absolute Gasteiger partial charge is 0.375 e. The number of esters is 1. The Balaban J connectivity index is 3.71. The van der Waals surface area contributed by atoms with Gasteiger partial charge in [-0.1, -0.05) is 6.92 Å². The summed E-state index contributed by atoms with van der Waals surface area (Å²) in [7, 11) is 0. The molecule has 0 saturated carbocycles. The van der Waals surface area contributed by atoms with Crippen molar-refractivity contribution in [1.29, 1.82) is 0 Å². The van der Waals surface area contributed by atoms with Gasteiger partial charge in [0.25, 0.3) is 0 Å². The molecule has 0 rings (SSSR count). The van der Waals surface area contributed by atoms with E-state index in [0.29, 0.717) is 6.54 Å². The summed E-state index contributed by atoms with van der Waals surface area (Å²) in [6, 6.07) is -0.851. The summed E-state index contributed by atoms with van der Waals surface area (Å²) in [6.45, 7) is 2.36. The van der Waals surface area contributed by atoms with Gasteiger partial charge in [0.2, 0.25) is 0 Å². The van der Waals surface area contributed by atoms with Gasteiger partial charge in [-0.05, 0) is 6.42 Å². The third kappa shape index (κ3) is 5.48. The van der Waals surface area contributed by atoms with Gasteiger partial charge in [-0.2, -0.15) is 12.6 Å². The molecule has 1 amide bonds. The van der Waals surface area contributed by atoms with Gasteiger partial charge < -0.3 is 15.8 Å². The average molecular weight is 206 g/mol. The monoisotopic (exact) mass is 206 g/mol. The molecular formula is C7H14N2O3S. The molecule has 0 aromatic carbocycles. The Hall–Kier alpha value is -0.750. The van der Waals surface area contributed by atoms with Crippen LogP contribution in [0.5, 0.6) is 0 Å². The molecule has 76 valence electrons. The number of nitrogens with one attached hydrogen (secondary N) is 1. The highest BCUT2D eigenvalue weighted by Crippen LogP contribution is 1.89. The lowest BCUT2D eigenvalue weighted by Gasteiger charge is -2.07. The van der Waals surface area contributed by atoms with Crippen LogP contribution in [0.25, 0.3) is 0 Å². The van der Waals surface area contributed by atoms with Crippen molar-refractivity contribution in [2.24, 2.45) is 5.73 Å². The summed E-state index contributed by atoms with van der Waals surface area (Å²) in [5, 5.41) is 2.38. The highest BCUT2D eigenvalue weighted by atomic mass is 32.1. The number of thiol groups is 1. The van der Waals surface area contributed by atoms with E-state index in [1.165, 1.54) is 0 Å². The quantitative estimate of drug-likeness (QED) is 0.341. The first kappa shape index (κ1) is 12.2. The van der Waals surface area contributed by atoms with Crippen LogP contribution >= 0.6 is 12.6 Å². The van der Waals surface area contributed by atoms with Gasteiger partial charge in [-0.25, -0.2) is 9.59 Å². The minimum Gasteiger partial charge on any atom is -0.375 e. The van der Waals surface area contributed by atoms with Gasteiger partial charge in [0, 0.05) is 12.3 Å². The van der Waals surface area contributed by atoms with Crippen LogP contribution in [0.15, 0.2) is 0 Å². The van der Waals surface area contributed by atoms with E-state index in [9.17, 15) is 9.59 Å². The molecule has 0 saturated heterocycles. The molecule has 0 aromatic rings. The summed E-state index contributed by atoms with van der Waals surface area (Å²) in [5.41, 5.74) is 5.26. The third-order valence-corrected chi connectivity index (χ3v) is 1.61. The second-order valence-corrected chi connectivity index (χ2v) is 2.79. The van der Waals surface area contributed by atoms with Gasteiger partial charge >= 0.3 is 12.1 Å². The molecule has 0 spiro atoms. The lowest BCUT2D eigenvalue weighted by molar-refractivity contribution is -0.138. The molecule has 3 N–H and O–H groups in total. The van der Waals surface area contributed by atoms with E-state index in [0.717, 1.165) is 6.42 Å². The van der Waals surface area contributed by atoms with Crippen LogP contribution in [0.4, 0.5) is 4.79 Å². The minimum absolute atomic E-state index is 0.153. The summed E-state index contributed by atoms with van der Waals surface area (Å²) in [5.74, 6) is -0.608. The van der Waals surface area contributed by atoms with E-state index in [2.05, 4.69) is 22.7 Å². The molecule has 0 aromatic heterocycles. The zero-order valence-corrected chi connectivity index (χ0v) is 8.34. The summed E-state index contributed by atoms with van der Waals surface area (Å²) in [4.78, 5) is 21.7. The Morgan fingerprint density at radius 2 is 2.23 bits per heavy atom. The number of hydrogen-bond donors (Lipinski definition) is 3. The molecule has 0 aliphatic carbocycles. The fraction of sp³-hybridized carbons (Fsp3) is 0.714. The van der Waals surface area contributed by atoms with Crippen molar-refractivity contribution in [3.05, 3.63) is 0 Å². The summed E-state index contributed by atoms with van der Waals surface area (Å²) >= 11 is 3.79. The van der Waals surface area contributed by atoms with E-state index in [1.54, 1.807) is 0 Å². The SMILES string of the molecule is CCCNC(=O)OC(=O)[C@@H](N)CS. The fourth-order valence-electron chi connectivity index (χ4n) is 0.505. The lowest BCUT2D eigenvalue weighted by atomic mass is 10.4. The number of amides is 1. The molecule has 0 fully saturated rings. The van der Waals surface area contributed by atoms with Crippen LogP contribution in [0.3, 0.4) is 0 Å². The van der Waals surface area contributed by atoms with Crippen molar-refractivity contribution in [2.75, 3.05) is 12.3 Å². The highest BCUT2D eigenvalue weighted by molar-refractivity contribution is 7.80. The average Bonchev–Trinajstić information content (AvgIpc) is 2.13. The zero-order valence-electron chi connectivity index (χ0n) is 7.45. The van der Waals surface area contributed by atoms with Crippen molar-refractivity contribution in [3.8, 4) is 0 Å². The van der Waals surface area contributed by atoms with Crippen LogP contribution in [-0.4, -0.2) is 30.4 Å². The van der Waals surface area contributed by atoms with Crippen molar-refractivity contribution >= 4 is 24.7 Å². The van der Waals surface area contributed by atoms with Gasteiger partial charge in [0.15, 0.2) is 0 Å². The topological polar surface area (TPSA) is 81.4 Å². The molecule has 0 unspecified atom stereocenters. The number of alkyl carbamates (subject to hydrolysis) is 1. The molecule has 0 radical (unpaired) electrons. The zero-order chi connectivity index (χ0) is 10.3. The second kappa shape index (κ2) is 6.73. The van der Waals surface area contributed by atoms with Gasteiger partial charge in [0.05, 0.1) is 0 Å². The Morgan fingerprint density at radius 1 is 1.62 bits per heavy atom. The number of carbonyl (C=O) groups is 2. The molecule has 0 bridgehead atoms. The van der Waals surface area contributed by atoms with Crippen LogP contribution in [0.1, 0.15) is 13.3 Å². The molecular weight excluding hydrogens is 192 g/mol. The largest absolute Gasteiger partial charge is 0.414 e. The molecule has 13 heavy (non-hydrogen) atoms. The van der Waals surface area contributed by atoms with Crippen molar-refractivity contribution in [1.82, 2.24) is 5.32 Å².